The molecule has 0 fully saturated rings. The molecule has 0 saturated heterocycles. The Morgan fingerprint density at radius 3 is 0.706 bits per heavy atom. The molecule has 17 heavy (non-hydrogen) atoms. The van der Waals surface area contributed by atoms with Crippen LogP contribution in [0.5, 0.6) is 0 Å². The maximum absolute atomic E-state index is 2.28. The highest BCUT2D eigenvalue weighted by atomic mass is 16.0. The molecule has 0 aromatic heterocycles. The Morgan fingerprint density at radius 1 is 0.353 bits per heavy atom. The maximum atomic E-state index is 2.28. The monoisotopic (exact) mass is 260 g/mol. The van der Waals surface area contributed by atoms with Crippen molar-refractivity contribution in [3.8, 4) is 0 Å². The third-order valence-electron chi connectivity index (χ3n) is 2.46. The van der Waals surface area contributed by atoms with E-state index in [2.05, 4.69) is 13.8 Å². The van der Waals surface area contributed by atoms with E-state index < -0.39 is 0 Å². The predicted octanol–water partition coefficient (Wildman–Crippen LogP) is 0.804. The molecular weight excluding hydrogens is 224 g/mol. The molecule has 0 aliphatic carbocycles. The molecule has 0 atom stereocenters. The Labute approximate surface area is 106 Å². The van der Waals surface area contributed by atoms with Crippen molar-refractivity contribution in [2.24, 2.45) is 0 Å². The Morgan fingerprint density at radius 2 is 0.529 bits per heavy atom. The van der Waals surface area contributed by atoms with Crippen molar-refractivity contribution in [3.63, 3.8) is 0 Å². The van der Waals surface area contributed by atoms with Crippen molar-refractivity contribution in [2.75, 3.05) is 0 Å². The van der Waals surface area contributed by atoms with Gasteiger partial charge in [-0.05, 0) is 0 Å². The molecule has 5 nitrogen and oxygen atoms in total. The molecule has 0 aromatic rings. The zero-order valence-corrected chi connectivity index (χ0v) is 11.6. The molecule has 0 amide bonds. The fourth-order valence-electron chi connectivity index (χ4n) is 1.56. The smallest absolute Gasteiger partial charge is 0.0533 e. The van der Waals surface area contributed by atoms with Gasteiger partial charge in [-0.1, -0.05) is 78.1 Å². The summed E-state index contributed by atoms with van der Waals surface area (Å²) in [6.45, 7) is 4.56. The lowest BCUT2D eigenvalue weighted by Gasteiger charge is -1.99. The Kier molecular flexibility index (Phi) is 76.2. The molecule has 0 aliphatic rings. The topological polar surface area (TPSA) is 158 Å². The molecule has 0 unspecified atom stereocenters. The van der Waals surface area contributed by atoms with E-state index in [0.717, 1.165) is 0 Å². The SMILES string of the molecule is CCCCCCCCCCCC.O.O.O.O.O. The first-order chi connectivity index (χ1) is 5.91. The minimum absolute atomic E-state index is 0. The molecule has 5 heteroatoms. The van der Waals surface area contributed by atoms with E-state index in [9.17, 15) is 0 Å². The third kappa shape index (κ3) is 38.9. The van der Waals surface area contributed by atoms with Crippen LogP contribution in [0.4, 0.5) is 0 Å². The summed E-state index contributed by atoms with van der Waals surface area (Å²) in [6, 6.07) is 0. The van der Waals surface area contributed by atoms with Crippen molar-refractivity contribution < 1.29 is 27.4 Å². The van der Waals surface area contributed by atoms with Gasteiger partial charge in [0.05, 0.1) is 0 Å². The van der Waals surface area contributed by atoms with E-state index in [1.54, 1.807) is 0 Å². The van der Waals surface area contributed by atoms with Crippen molar-refractivity contribution in [3.05, 3.63) is 0 Å². The Hall–Kier alpha value is -0.200. The molecule has 0 aromatic carbocycles. The Balaban J connectivity index is -0.0000000605. The van der Waals surface area contributed by atoms with E-state index in [4.69, 9.17) is 0 Å². The summed E-state index contributed by atoms with van der Waals surface area (Å²) in [4.78, 5) is 0. The lowest BCUT2D eigenvalue weighted by atomic mass is 10.1. The minimum Gasteiger partial charge on any atom is -0.412 e. The van der Waals surface area contributed by atoms with E-state index in [-0.39, 0.29) is 27.4 Å². The average molecular weight is 260 g/mol. The summed E-state index contributed by atoms with van der Waals surface area (Å²) in [6.07, 6.45) is 14.4. The van der Waals surface area contributed by atoms with Crippen LogP contribution < -0.4 is 0 Å². The van der Waals surface area contributed by atoms with Crippen LogP contribution in [-0.4, -0.2) is 27.4 Å². The van der Waals surface area contributed by atoms with Gasteiger partial charge < -0.3 is 27.4 Å². The molecule has 0 spiro atoms. The van der Waals surface area contributed by atoms with Crippen molar-refractivity contribution in [2.45, 2.75) is 78.1 Å². The molecule has 0 radical (unpaired) electrons. The van der Waals surface area contributed by atoms with Gasteiger partial charge in [0.15, 0.2) is 0 Å². The van der Waals surface area contributed by atoms with Crippen LogP contribution in [-0.2, 0) is 0 Å². The fourth-order valence-corrected chi connectivity index (χ4v) is 1.56. The van der Waals surface area contributed by atoms with Crippen LogP contribution in [0.3, 0.4) is 0 Å². The van der Waals surface area contributed by atoms with Gasteiger partial charge in [0.2, 0.25) is 0 Å². The molecule has 0 heterocycles. The van der Waals surface area contributed by atoms with Gasteiger partial charge in [-0.3, -0.25) is 0 Å². The highest BCUT2D eigenvalue weighted by Gasteiger charge is 1.90. The van der Waals surface area contributed by atoms with E-state index in [0.29, 0.717) is 0 Å². The molecular formula is C12H36O5. The van der Waals surface area contributed by atoms with Crippen LogP contribution in [0.15, 0.2) is 0 Å². The molecule has 0 bridgehead atoms. The number of hydrogen-bond donors (Lipinski definition) is 0. The fraction of sp³-hybridized carbons (Fsp3) is 1.00. The summed E-state index contributed by atoms with van der Waals surface area (Å²) in [5, 5.41) is 0. The summed E-state index contributed by atoms with van der Waals surface area (Å²) in [5.74, 6) is 0. The highest BCUT2D eigenvalue weighted by molar-refractivity contribution is 4.45. The first-order valence-electron chi connectivity index (χ1n) is 5.91. The standard InChI is InChI=1S/C12H26.5H2O/c1-3-5-7-9-11-12-10-8-6-4-2;;;;;/h3-12H2,1-2H3;5*1H2. The second-order valence-corrected chi connectivity index (χ2v) is 3.83. The van der Waals surface area contributed by atoms with Crippen molar-refractivity contribution >= 4 is 0 Å². The molecule has 0 saturated carbocycles. The van der Waals surface area contributed by atoms with Gasteiger partial charge in [-0.15, -0.1) is 0 Å². The van der Waals surface area contributed by atoms with Gasteiger partial charge in [-0.25, -0.2) is 0 Å². The lowest BCUT2D eigenvalue weighted by Crippen LogP contribution is -1.80. The zero-order chi connectivity index (χ0) is 9.07. The normalized spacial score (nSPS) is 7.41. The lowest BCUT2D eigenvalue weighted by molar-refractivity contribution is 0.562. The van der Waals surface area contributed by atoms with Crippen molar-refractivity contribution in [1.82, 2.24) is 0 Å². The van der Waals surface area contributed by atoms with Gasteiger partial charge in [0.25, 0.3) is 0 Å². The first-order valence-corrected chi connectivity index (χ1v) is 5.91. The van der Waals surface area contributed by atoms with Crippen LogP contribution in [0, 0.1) is 0 Å². The van der Waals surface area contributed by atoms with E-state index in [1.165, 1.54) is 64.2 Å². The molecule has 0 aliphatic heterocycles. The molecule has 114 valence electrons. The van der Waals surface area contributed by atoms with Crippen LogP contribution in [0.1, 0.15) is 78.1 Å². The number of unbranched alkanes of at least 4 members (excludes halogenated alkanes) is 9. The van der Waals surface area contributed by atoms with E-state index in [1.807, 2.05) is 0 Å². The highest BCUT2D eigenvalue weighted by Crippen LogP contribution is 2.09. The summed E-state index contributed by atoms with van der Waals surface area (Å²) in [5.41, 5.74) is 0. The first kappa shape index (κ1) is 36.0. The third-order valence-corrected chi connectivity index (χ3v) is 2.46. The second-order valence-electron chi connectivity index (χ2n) is 3.83. The van der Waals surface area contributed by atoms with E-state index >= 15 is 0 Å². The predicted molar refractivity (Wildman–Crippen MR) is 75.6 cm³/mol. The molecule has 10 N–H and O–H groups in total. The summed E-state index contributed by atoms with van der Waals surface area (Å²) >= 11 is 0. The second kappa shape index (κ2) is 36.0. The van der Waals surface area contributed by atoms with Gasteiger partial charge in [0.1, 0.15) is 0 Å². The molecule has 0 rings (SSSR count). The van der Waals surface area contributed by atoms with Gasteiger partial charge in [-0.2, -0.15) is 0 Å². The van der Waals surface area contributed by atoms with Gasteiger partial charge >= 0.3 is 0 Å². The minimum atomic E-state index is 0. The Bertz CT molecular complexity index is 71.3. The zero-order valence-electron chi connectivity index (χ0n) is 11.6. The largest absolute Gasteiger partial charge is 0.412 e. The van der Waals surface area contributed by atoms with Crippen LogP contribution in [0.25, 0.3) is 0 Å². The quantitative estimate of drug-likeness (QED) is 0.537. The number of hydrogen-bond acceptors (Lipinski definition) is 0. The van der Waals surface area contributed by atoms with Crippen LogP contribution in [0.2, 0.25) is 0 Å². The maximum Gasteiger partial charge on any atom is -0.0533 e. The van der Waals surface area contributed by atoms with Crippen LogP contribution >= 0.6 is 0 Å². The van der Waals surface area contributed by atoms with Gasteiger partial charge in [0, 0.05) is 0 Å². The average Bonchev–Trinajstić information content (AvgIpc) is 2.10. The summed E-state index contributed by atoms with van der Waals surface area (Å²) in [7, 11) is 0. The number of rotatable bonds is 9. The summed E-state index contributed by atoms with van der Waals surface area (Å²) < 4.78 is 0. The van der Waals surface area contributed by atoms with Crippen molar-refractivity contribution in [1.29, 1.82) is 0 Å².